The summed E-state index contributed by atoms with van der Waals surface area (Å²) in [5.74, 6) is -0.0160. The Morgan fingerprint density at radius 1 is 1.04 bits per heavy atom. The summed E-state index contributed by atoms with van der Waals surface area (Å²) in [4.78, 5) is 25.8. The summed E-state index contributed by atoms with van der Waals surface area (Å²) >= 11 is 0. The van der Waals surface area contributed by atoms with E-state index in [1.54, 1.807) is 13.8 Å². The molecule has 1 heterocycles. The first-order valence-corrected chi connectivity index (χ1v) is 9.19. The quantitative estimate of drug-likeness (QED) is 0.384. The van der Waals surface area contributed by atoms with Gasteiger partial charge in [-0.25, -0.2) is 0 Å². The number of rotatable bonds is 0. The van der Waals surface area contributed by atoms with Gasteiger partial charge in [0.15, 0.2) is 5.41 Å². The molecule has 1 spiro atoms. The lowest BCUT2D eigenvalue weighted by molar-refractivity contribution is -0.248. The van der Waals surface area contributed by atoms with Gasteiger partial charge in [0.2, 0.25) is 0 Å². The molecular weight excluding hydrogens is 304 g/mol. The van der Waals surface area contributed by atoms with E-state index in [1.165, 1.54) is 18.4 Å². The minimum absolute atomic E-state index is 0.234. The van der Waals surface area contributed by atoms with Crippen LogP contribution in [0.2, 0.25) is 0 Å². The smallest absolute Gasteiger partial charge is 0.331 e. The zero-order valence-corrected chi connectivity index (χ0v) is 15.6. The average Bonchev–Trinajstić information content (AvgIpc) is 3.00. The molecule has 0 bridgehead atoms. The van der Waals surface area contributed by atoms with Crippen molar-refractivity contribution >= 4 is 11.9 Å². The van der Waals surface area contributed by atoms with Gasteiger partial charge in [-0.3, -0.25) is 9.59 Å². The Balaban J connectivity index is 1.83. The van der Waals surface area contributed by atoms with Gasteiger partial charge >= 0.3 is 11.9 Å². The van der Waals surface area contributed by atoms with Crippen molar-refractivity contribution in [1.82, 2.24) is 0 Å². The first-order valence-electron chi connectivity index (χ1n) is 9.19. The number of carbonyl (C=O) groups excluding carboxylic acids is 2. The average molecular weight is 332 g/mol. The number of fused-ring (bicyclic) bond motifs is 3. The van der Waals surface area contributed by atoms with Crippen LogP contribution in [0.5, 0.6) is 0 Å². The second-order valence-corrected chi connectivity index (χ2v) is 9.50. The van der Waals surface area contributed by atoms with Crippen LogP contribution < -0.4 is 0 Å². The fraction of sp³-hybridized carbons (Fsp3) is 0.800. The van der Waals surface area contributed by atoms with Crippen molar-refractivity contribution in [2.24, 2.45) is 34.5 Å². The van der Waals surface area contributed by atoms with Gasteiger partial charge in [0.05, 0.1) is 0 Å². The van der Waals surface area contributed by atoms with Crippen LogP contribution in [-0.2, 0) is 19.1 Å². The number of allylic oxidation sites excluding steroid dienone is 1. The molecular formula is C20H28O4. The third kappa shape index (κ3) is 1.75. The standard InChI is InChI=1S/C20H28O4/c1-10-12-7-8-18(3,4)15(12)14-11(2)20(9-13(10)14)16(21)23-19(5,6)24-17(20)22/h10,12-13,15H,7-9H2,1-6H3/t10-,12-,13-,15-/m0/s1. The summed E-state index contributed by atoms with van der Waals surface area (Å²) in [5, 5.41) is 0. The molecule has 4 aliphatic rings. The highest BCUT2D eigenvalue weighted by Gasteiger charge is 2.67. The van der Waals surface area contributed by atoms with Gasteiger partial charge < -0.3 is 9.47 Å². The summed E-state index contributed by atoms with van der Waals surface area (Å²) < 4.78 is 11.0. The van der Waals surface area contributed by atoms with E-state index in [0.717, 1.165) is 5.57 Å². The van der Waals surface area contributed by atoms with Crippen LogP contribution in [0.25, 0.3) is 0 Å². The predicted molar refractivity (Wildman–Crippen MR) is 88.7 cm³/mol. The van der Waals surface area contributed by atoms with Crippen molar-refractivity contribution in [1.29, 1.82) is 0 Å². The van der Waals surface area contributed by atoms with Crippen molar-refractivity contribution in [3.8, 4) is 0 Å². The first-order chi connectivity index (χ1) is 11.0. The van der Waals surface area contributed by atoms with Gasteiger partial charge in [0, 0.05) is 13.8 Å². The molecule has 4 atom stereocenters. The van der Waals surface area contributed by atoms with Gasteiger partial charge in [-0.05, 0) is 60.8 Å². The highest BCUT2D eigenvalue weighted by atomic mass is 16.7. The van der Waals surface area contributed by atoms with Crippen molar-refractivity contribution in [2.75, 3.05) is 0 Å². The Labute approximate surface area is 144 Å². The van der Waals surface area contributed by atoms with E-state index in [1.807, 2.05) is 6.92 Å². The van der Waals surface area contributed by atoms with Gasteiger partial charge in [-0.15, -0.1) is 0 Å². The fourth-order valence-corrected chi connectivity index (χ4v) is 6.20. The van der Waals surface area contributed by atoms with Crippen LogP contribution >= 0.6 is 0 Å². The zero-order valence-electron chi connectivity index (χ0n) is 15.6. The van der Waals surface area contributed by atoms with Crippen LogP contribution in [0.15, 0.2) is 11.1 Å². The Morgan fingerprint density at radius 2 is 1.62 bits per heavy atom. The molecule has 0 amide bonds. The predicted octanol–water partition coefficient (Wildman–Crippen LogP) is 3.85. The number of carbonyl (C=O) groups is 2. The van der Waals surface area contributed by atoms with Crippen LogP contribution in [0, 0.1) is 34.5 Å². The molecule has 24 heavy (non-hydrogen) atoms. The molecule has 2 saturated carbocycles. The van der Waals surface area contributed by atoms with Crippen LogP contribution in [-0.4, -0.2) is 17.7 Å². The maximum atomic E-state index is 12.9. The van der Waals surface area contributed by atoms with Crippen LogP contribution in [0.4, 0.5) is 0 Å². The molecule has 0 aromatic carbocycles. The summed E-state index contributed by atoms with van der Waals surface area (Å²) in [6.45, 7) is 12.2. The molecule has 3 fully saturated rings. The minimum atomic E-state index is -1.20. The van der Waals surface area contributed by atoms with E-state index in [2.05, 4.69) is 20.8 Å². The monoisotopic (exact) mass is 332 g/mol. The van der Waals surface area contributed by atoms with Crippen LogP contribution in [0.1, 0.15) is 60.8 Å². The lowest BCUT2D eigenvalue weighted by Crippen LogP contribution is -2.54. The topological polar surface area (TPSA) is 52.6 Å². The summed E-state index contributed by atoms with van der Waals surface area (Å²) in [5.41, 5.74) is 1.32. The van der Waals surface area contributed by atoms with Gasteiger partial charge in [0.25, 0.3) is 5.79 Å². The Kier molecular flexibility index (Phi) is 2.99. The summed E-state index contributed by atoms with van der Waals surface area (Å²) in [6, 6.07) is 0. The maximum Gasteiger partial charge on any atom is 0.331 e. The number of hydrogen-bond donors (Lipinski definition) is 0. The Bertz CT molecular complexity index is 649. The fourth-order valence-electron chi connectivity index (χ4n) is 6.20. The highest BCUT2D eigenvalue weighted by Crippen LogP contribution is 2.68. The van der Waals surface area contributed by atoms with E-state index < -0.39 is 23.1 Å². The largest absolute Gasteiger partial charge is 0.422 e. The number of esters is 2. The molecule has 3 aliphatic carbocycles. The number of hydrogen-bond acceptors (Lipinski definition) is 4. The maximum absolute atomic E-state index is 12.9. The molecule has 4 heteroatoms. The summed E-state index contributed by atoms with van der Waals surface area (Å²) in [6.07, 6.45) is 3.00. The third-order valence-corrected chi connectivity index (χ3v) is 7.41. The summed E-state index contributed by atoms with van der Waals surface area (Å²) in [7, 11) is 0. The van der Waals surface area contributed by atoms with Gasteiger partial charge in [-0.1, -0.05) is 26.3 Å². The van der Waals surface area contributed by atoms with E-state index >= 15 is 0 Å². The van der Waals surface area contributed by atoms with Crippen molar-refractivity contribution in [3.05, 3.63) is 11.1 Å². The van der Waals surface area contributed by atoms with Crippen molar-refractivity contribution < 1.29 is 19.1 Å². The molecule has 0 radical (unpaired) electrons. The Hall–Kier alpha value is -1.32. The van der Waals surface area contributed by atoms with Crippen molar-refractivity contribution in [3.63, 3.8) is 0 Å². The second-order valence-electron chi connectivity index (χ2n) is 9.50. The highest BCUT2D eigenvalue weighted by molar-refractivity contribution is 6.06. The molecule has 0 aromatic rings. The lowest BCUT2D eigenvalue weighted by Gasteiger charge is -2.40. The SMILES string of the molecule is CC1=C2[C@@H](CC13C(=O)OC(C)(C)OC3=O)[C@@H](C)[C@@H]1CCC(C)(C)[C@H]21. The molecule has 1 saturated heterocycles. The van der Waals surface area contributed by atoms with E-state index in [0.29, 0.717) is 30.1 Å². The zero-order chi connectivity index (χ0) is 17.7. The molecule has 132 valence electrons. The number of cyclic esters (lactones) is 2. The van der Waals surface area contributed by atoms with Gasteiger partial charge in [0.1, 0.15) is 0 Å². The lowest BCUT2D eigenvalue weighted by atomic mass is 9.73. The first kappa shape index (κ1) is 16.2. The normalized spacial score (nSPS) is 41.2. The van der Waals surface area contributed by atoms with Crippen molar-refractivity contribution in [2.45, 2.75) is 66.6 Å². The van der Waals surface area contributed by atoms with E-state index in [4.69, 9.17) is 9.47 Å². The molecule has 0 unspecified atom stereocenters. The molecule has 4 nitrogen and oxygen atoms in total. The molecule has 0 N–H and O–H groups in total. The second kappa shape index (κ2) is 4.44. The molecule has 1 aliphatic heterocycles. The van der Waals surface area contributed by atoms with Crippen LogP contribution in [0.3, 0.4) is 0 Å². The number of ether oxygens (including phenoxy) is 2. The third-order valence-electron chi connectivity index (χ3n) is 7.41. The molecule has 4 rings (SSSR count). The molecule has 0 aromatic heterocycles. The van der Waals surface area contributed by atoms with E-state index in [9.17, 15) is 9.59 Å². The minimum Gasteiger partial charge on any atom is -0.422 e. The van der Waals surface area contributed by atoms with E-state index in [-0.39, 0.29) is 5.41 Å². The van der Waals surface area contributed by atoms with Gasteiger partial charge in [-0.2, -0.15) is 0 Å². The Morgan fingerprint density at radius 3 is 2.21 bits per heavy atom.